The van der Waals surface area contributed by atoms with Crippen molar-refractivity contribution in [3.63, 3.8) is 0 Å². The van der Waals surface area contributed by atoms with Crippen molar-refractivity contribution < 1.29 is 4.79 Å². The van der Waals surface area contributed by atoms with Crippen LogP contribution in [0.15, 0.2) is 0 Å². The van der Waals surface area contributed by atoms with Gasteiger partial charge in [0.2, 0.25) is 0 Å². The van der Waals surface area contributed by atoms with Gasteiger partial charge in [0, 0.05) is 6.42 Å². The molecule has 2 heteroatoms. The van der Waals surface area contributed by atoms with Crippen LogP contribution < -0.4 is 5.73 Å². The Morgan fingerprint density at radius 2 is 1.88 bits per heavy atom. The molecule has 2 unspecified atom stereocenters. The van der Waals surface area contributed by atoms with Gasteiger partial charge >= 0.3 is 0 Å². The largest absolute Gasteiger partial charge is 0.319 e. The fourth-order valence-electron chi connectivity index (χ4n) is 2.10. The van der Waals surface area contributed by atoms with E-state index in [0.717, 1.165) is 19.3 Å². The van der Waals surface area contributed by atoms with Gasteiger partial charge in [-0.2, -0.15) is 0 Å². The minimum atomic E-state index is -0.603. The number of rotatable bonds is 9. The van der Waals surface area contributed by atoms with E-state index in [4.69, 9.17) is 5.73 Å². The second-order valence-electron chi connectivity index (χ2n) is 5.21. The maximum absolute atomic E-state index is 12.1. The highest BCUT2D eigenvalue weighted by Gasteiger charge is 2.28. The Kier molecular flexibility index (Phi) is 7.65. The molecule has 2 atom stereocenters. The van der Waals surface area contributed by atoms with E-state index in [9.17, 15) is 4.79 Å². The standard InChI is InChI=1S/C14H29NO/c1-5-8-9-12(7-3)11-13(16)14(4,15)10-6-2/h12H,5-11,15H2,1-4H3. The molecule has 16 heavy (non-hydrogen) atoms. The zero-order valence-electron chi connectivity index (χ0n) is 11.5. The van der Waals surface area contributed by atoms with Crippen LogP contribution in [0.2, 0.25) is 0 Å². The summed E-state index contributed by atoms with van der Waals surface area (Å²) in [5.74, 6) is 0.782. The monoisotopic (exact) mass is 227 g/mol. The van der Waals surface area contributed by atoms with Crippen molar-refractivity contribution >= 4 is 5.78 Å². The van der Waals surface area contributed by atoms with Gasteiger partial charge in [-0.15, -0.1) is 0 Å². The summed E-state index contributed by atoms with van der Waals surface area (Å²) in [6, 6.07) is 0. The van der Waals surface area contributed by atoms with E-state index in [2.05, 4.69) is 20.8 Å². The normalized spacial score (nSPS) is 16.8. The summed E-state index contributed by atoms with van der Waals surface area (Å²) < 4.78 is 0. The second-order valence-corrected chi connectivity index (χ2v) is 5.21. The van der Waals surface area contributed by atoms with E-state index < -0.39 is 5.54 Å². The van der Waals surface area contributed by atoms with Crippen molar-refractivity contribution in [2.75, 3.05) is 0 Å². The van der Waals surface area contributed by atoms with Crippen LogP contribution in [0.1, 0.15) is 72.6 Å². The SMILES string of the molecule is CCCCC(CC)CC(=O)C(C)(N)CCC. The van der Waals surface area contributed by atoms with E-state index in [1.807, 2.05) is 6.92 Å². The second kappa shape index (κ2) is 7.83. The summed E-state index contributed by atoms with van der Waals surface area (Å²) in [6.45, 7) is 8.32. The average Bonchev–Trinajstić information content (AvgIpc) is 2.23. The van der Waals surface area contributed by atoms with Crippen molar-refractivity contribution in [3.8, 4) is 0 Å². The molecule has 0 bridgehead atoms. The Morgan fingerprint density at radius 1 is 1.25 bits per heavy atom. The summed E-state index contributed by atoms with van der Waals surface area (Å²) in [5, 5.41) is 0. The molecule has 0 spiro atoms. The first kappa shape index (κ1) is 15.6. The number of carbonyl (C=O) groups is 1. The third-order valence-electron chi connectivity index (χ3n) is 3.42. The van der Waals surface area contributed by atoms with Crippen LogP contribution in [0.4, 0.5) is 0 Å². The van der Waals surface area contributed by atoms with Gasteiger partial charge in [0.05, 0.1) is 5.54 Å². The van der Waals surface area contributed by atoms with Crippen LogP contribution in [0.5, 0.6) is 0 Å². The Hall–Kier alpha value is -0.370. The molecule has 0 amide bonds. The van der Waals surface area contributed by atoms with Crippen LogP contribution in [0.25, 0.3) is 0 Å². The number of carbonyl (C=O) groups excluding carboxylic acids is 1. The quantitative estimate of drug-likeness (QED) is 0.653. The molecular formula is C14H29NO. The Morgan fingerprint density at radius 3 is 2.31 bits per heavy atom. The summed E-state index contributed by atoms with van der Waals surface area (Å²) >= 11 is 0. The lowest BCUT2D eigenvalue weighted by atomic mass is 9.84. The zero-order chi connectivity index (χ0) is 12.6. The molecule has 0 radical (unpaired) electrons. The van der Waals surface area contributed by atoms with Crippen LogP contribution in [-0.4, -0.2) is 11.3 Å². The molecule has 0 aromatic heterocycles. The first-order chi connectivity index (χ1) is 7.47. The molecule has 2 N–H and O–H groups in total. The van der Waals surface area contributed by atoms with Gasteiger partial charge in [0.25, 0.3) is 0 Å². The van der Waals surface area contributed by atoms with Crippen LogP contribution in [0.3, 0.4) is 0 Å². The lowest BCUT2D eigenvalue weighted by Crippen LogP contribution is -2.45. The van der Waals surface area contributed by atoms with E-state index >= 15 is 0 Å². The van der Waals surface area contributed by atoms with Gasteiger partial charge in [-0.05, 0) is 19.3 Å². The Labute approximate surface area is 101 Å². The Bertz CT molecular complexity index is 199. The van der Waals surface area contributed by atoms with E-state index in [1.165, 1.54) is 19.3 Å². The molecule has 0 rings (SSSR count). The minimum absolute atomic E-state index is 0.248. The summed E-state index contributed by atoms with van der Waals surface area (Å²) in [5.41, 5.74) is 5.45. The molecule has 0 saturated carbocycles. The van der Waals surface area contributed by atoms with Crippen molar-refractivity contribution in [3.05, 3.63) is 0 Å². The first-order valence-electron chi connectivity index (χ1n) is 6.80. The number of unbranched alkanes of at least 4 members (excludes halogenated alkanes) is 1. The topological polar surface area (TPSA) is 43.1 Å². The highest BCUT2D eigenvalue weighted by atomic mass is 16.1. The number of hydrogen-bond donors (Lipinski definition) is 1. The molecule has 0 aliphatic rings. The number of nitrogens with two attached hydrogens (primary N) is 1. The van der Waals surface area contributed by atoms with E-state index in [-0.39, 0.29) is 5.78 Å². The molecule has 0 aliphatic heterocycles. The Balaban J connectivity index is 4.17. The predicted octanol–water partition coefficient (Wildman–Crippen LogP) is 3.68. The van der Waals surface area contributed by atoms with Crippen molar-refractivity contribution in [2.24, 2.45) is 11.7 Å². The smallest absolute Gasteiger partial charge is 0.152 e. The molecule has 0 aromatic carbocycles. The number of hydrogen-bond acceptors (Lipinski definition) is 2. The highest BCUT2D eigenvalue weighted by molar-refractivity contribution is 5.87. The summed E-state index contributed by atoms with van der Waals surface area (Å²) in [7, 11) is 0. The molecular weight excluding hydrogens is 198 g/mol. The van der Waals surface area contributed by atoms with Gasteiger partial charge in [-0.25, -0.2) is 0 Å². The van der Waals surface area contributed by atoms with Gasteiger partial charge in [-0.1, -0.05) is 52.9 Å². The van der Waals surface area contributed by atoms with Crippen molar-refractivity contribution in [1.82, 2.24) is 0 Å². The fourth-order valence-corrected chi connectivity index (χ4v) is 2.10. The molecule has 0 heterocycles. The summed E-state index contributed by atoms with van der Waals surface area (Å²) in [4.78, 5) is 12.1. The molecule has 2 nitrogen and oxygen atoms in total. The van der Waals surface area contributed by atoms with Gasteiger partial charge < -0.3 is 5.73 Å². The third kappa shape index (κ3) is 5.64. The van der Waals surface area contributed by atoms with Gasteiger partial charge in [0.15, 0.2) is 5.78 Å². The van der Waals surface area contributed by atoms with E-state index in [1.54, 1.807) is 0 Å². The minimum Gasteiger partial charge on any atom is -0.319 e. The maximum Gasteiger partial charge on any atom is 0.152 e. The van der Waals surface area contributed by atoms with Crippen molar-refractivity contribution in [2.45, 2.75) is 78.2 Å². The lowest BCUT2D eigenvalue weighted by molar-refractivity contribution is -0.124. The molecule has 0 fully saturated rings. The molecule has 96 valence electrons. The van der Waals surface area contributed by atoms with Gasteiger partial charge in [0.1, 0.15) is 0 Å². The lowest BCUT2D eigenvalue weighted by Gasteiger charge is -2.25. The average molecular weight is 227 g/mol. The van der Waals surface area contributed by atoms with E-state index in [0.29, 0.717) is 12.3 Å². The number of ketones is 1. The third-order valence-corrected chi connectivity index (χ3v) is 3.42. The highest BCUT2D eigenvalue weighted by Crippen LogP contribution is 2.21. The molecule has 0 aliphatic carbocycles. The molecule has 0 saturated heterocycles. The molecule has 0 aromatic rings. The fraction of sp³-hybridized carbons (Fsp3) is 0.929. The van der Waals surface area contributed by atoms with Crippen LogP contribution in [-0.2, 0) is 4.79 Å². The van der Waals surface area contributed by atoms with Crippen LogP contribution >= 0.6 is 0 Å². The van der Waals surface area contributed by atoms with Crippen LogP contribution in [0, 0.1) is 5.92 Å². The maximum atomic E-state index is 12.1. The first-order valence-corrected chi connectivity index (χ1v) is 6.80. The predicted molar refractivity (Wildman–Crippen MR) is 70.4 cm³/mol. The number of Topliss-reactive ketones (excluding diaryl/α,β-unsaturated/α-hetero) is 1. The van der Waals surface area contributed by atoms with Crippen molar-refractivity contribution in [1.29, 1.82) is 0 Å². The summed E-state index contributed by atoms with van der Waals surface area (Å²) in [6.07, 6.45) is 7.14. The zero-order valence-corrected chi connectivity index (χ0v) is 11.5. The van der Waals surface area contributed by atoms with Gasteiger partial charge in [-0.3, -0.25) is 4.79 Å².